The van der Waals surface area contributed by atoms with Gasteiger partial charge in [-0.3, -0.25) is 4.79 Å². The lowest BCUT2D eigenvalue weighted by molar-refractivity contribution is -0.145. The summed E-state index contributed by atoms with van der Waals surface area (Å²) in [5.74, 6) is -0.449. The number of hydrogen-bond donors (Lipinski definition) is 1. The van der Waals surface area contributed by atoms with Crippen molar-refractivity contribution < 1.29 is 9.90 Å². The van der Waals surface area contributed by atoms with Crippen LogP contribution in [0.3, 0.4) is 0 Å². The Bertz CT molecular complexity index is 285. The maximum atomic E-state index is 11.3. The molecule has 0 heterocycles. The van der Waals surface area contributed by atoms with Crippen molar-refractivity contribution >= 4 is 5.97 Å². The van der Waals surface area contributed by atoms with Gasteiger partial charge in [0.15, 0.2) is 0 Å². The quantitative estimate of drug-likeness (QED) is 0.704. The molecule has 0 aromatic carbocycles. The van der Waals surface area contributed by atoms with Gasteiger partial charge in [-0.05, 0) is 31.6 Å². The van der Waals surface area contributed by atoms with Crippen molar-refractivity contribution in [1.29, 1.82) is 0 Å². The van der Waals surface area contributed by atoms with Crippen LogP contribution >= 0.6 is 0 Å². The van der Waals surface area contributed by atoms with Crippen LogP contribution in [0.25, 0.3) is 0 Å². The third kappa shape index (κ3) is 1.20. The van der Waals surface area contributed by atoms with E-state index in [0.29, 0.717) is 6.42 Å². The van der Waals surface area contributed by atoms with Crippen molar-refractivity contribution in [2.45, 2.75) is 41.0 Å². The topological polar surface area (TPSA) is 37.3 Å². The molecule has 1 saturated carbocycles. The molecule has 1 aliphatic rings. The molecule has 0 aromatic rings. The third-order valence-electron chi connectivity index (χ3n) is 3.81. The molecule has 0 spiro atoms. The molecule has 0 radical (unpaired) electrons. The van der Waals surface area contributed by atoms with Crippen molar-refractivity contribution in [2.75, 3.05) is 0 Å². The van der Waals surface area contributed by atoms with E-state index in [2.05, 4.69) is 19.9 Å². The first-order chi connectivity index (χ1) is 6.30. The Morgan fingerprint density at radius 3 is 2.14 bits per heavy atom. The van der Waals surface area contributed by atoms with E-state index in [0.717, 1.165) is 0 Å². The van der Waals surface area contributed by atoms with Gasteiger partial charge in [-0.25, -0.2) is 0 Å². The summed E-state index contributed by atoms with van der Waals surface area (Å²) < 4.78 is 0. The number of allylic oxidation sites excluding steroid dienone is 2. The Balaban J connectivity index is 3.03. The average Bonchev–Trinajstić information content (AvgIpc) is 2.48. The molecule has 2 heteroatoms. The SMILES string of the molecule is CCC1(C(=O)O)C(C=C(C)C)C1(C)C. The van der Waals surface area contributed by atoms with Crippen molar-refractivity contribution in [3.8, 4) is 0 Å². The van der Waals surface area contributed by atoms with Crippen LogP contribution in [0.4, 0.5) is 0 Å². The van der Waals surface area contributed by atoms with E-state index in [9.17, 15) is 9.90 Å². The summed E-state index contributed by atoms with van der Waals surface area (Å²) in [5.41, 5.74) is 0.592. The van der Waals surface area contributed by atoms with Crippen LogP contribution < -0.4 is 0 Å². The minimum Gasteiger partial charge on any atom is -0.481 e. The van der Waals surface area contributed by atoms with Gasteiger partial charge >= 0.3 is 5.97 Å². The Morgan fingerprint density at radius 1 is 1.43 bits per heavy atom. The van der Waals surface area contributed by atoms with Gasteiger partial charge in [-0.2, -0.15) is 0 Å². The Kier molecular flexibility index (Phi) is 2.51. The van der Waals surface area contributed by atoms with Gasteiger partial charge in [0.05, 0.1) is 5.41 Å². The molecule has 1 fully saturated rings. The number of carboxylic acid groups (broad SMARTS) is 1. The molecule has 14 heavy (non-hydrogen) atoms. The molecule has 2 nitrogen and oxygen atoms in total. The monoisotopic (exact) mass is 196 g/mol. The highest BCUT2D eigenvalue weighted by molar-refractivity contribution is 5.81. The Morgan fingerprint density at radius 2 is 1.93 bits per heavy atom. The normalized spacial score (nSPS) is 33.6. The predicted octanol–water partition coefficient (Wildman–Crippen LogP) is 3.09. The molecule has 0 bridgehead atoms. The predicted molar refractivity (Wildman–Crippen MR) is 57.1 cm³/mol. The van der Waals surface area contributed by atoms with Gasteiger partial charge in [-0.1, -0.05) is 32.4 Å². The third-order valence-corrected chi connectivity index (χ3v) is 3.81. The Labute approximate surface area is 86.0 Å². The highest BCUT2D eigenvalue weighted by Gasteiger charge is 2.73. The second-order valence-corrected chi connectivity index (χ2v) is 5.07. The molecule has 0 saturated heterocycles. The zero-order chi connectivity index (χ0) is 11.1. The number of hydrogen-bond acceptors (Lipinski definition) is 1. The van der Waals surface area contributed by atoms with Crippen LogP contribution in [-0.4, -0.2) is 11.1 Å². The highest BCUT2D eigenvalue weighted by atomic mass is 16.4. The first kappa shape index (κ1) is 11.3. The van der Waals surface area contributed by atoms with E-state index >= 15 is 0 Å². The number of carboxylic acids is 1. The van der Waals surface area contributed by atoms with E-state index in [1.807, 2.05) is 20.8 Å². The zero-order valence-corrected chi connectivity index (χ0v) is 9.72. The fourth-order valence-corrected chi connectivity index (χ4v) is 2.81. The maximum absolute atomic E-state index is 11.3. The molecule has 80 valence electrons. The standard InChI is InChI=1S/C12H20O2/c1-6-12(10(13)14)9(7-8(2)3)11(12,4)5/h7,9H,6H2,1-5H3,(H,13,14). The van der Waals surface area contributed by atoms with Gasteiger partial charge in [0.2, 0.25) is 0 Å². The van der Waals surface area contributed by atoms with Gasteiger partial charge in [-0.15, -0.1) is 0 Å². The molecule has 0 aromatic heterocycles. The molecular formula is C12H20O2. The molecule has 0 aliphatic heterocycles. The van der Waals surface area contributed by atoms with E-state index < -0.39 is 11.4 Å². The summed E-state index contributed by atoms with van der Waals surface area (Å²) in [7, 11) is 0. The van der Waals surface area contributed by atoms with Gasteiger partial charge < -0.3 is 5.11 Å². The van der Waals surface area contributed by atoms with E-state index in [-0.39, 0.29) is 11.3 Å². The average molecular weight is 196 g/mol. The second-order valence-electron chi connectivity index (χ2n) is 5.07. The smallest absolute Gasteiger partial charge is 0.310 e. The van der Waals surface area contributed by atoms with E-state index in [1.54, 1.807) is 0 Å². The van der Waals surface area contributed by atoms with E-state index in [1.165, 1.54) is 5.57 Å². The van der Waals surface area contributed by atoms with Crippen LogP contribution in [0.15, 0.2) is 11.6 Å². The minimum absolute atomic E-state index is 0.0924. The van der Waals surface area contributed by atoms with Crippen molar-refractivity contribution in [3.05, 3.63) is 11.6 Å². The molecule has 2 unspecified atom stereocenters. The highest BCUT2D eigenvalue weighted by Crippen LogP contribution is 2.71. The number of aliphatic carboxylic acids is 1. The summed E-state index contributed by atoms with van der Waals surface area (Å²) in [6.07, 6.45) is 2.82. The van der Waals surface area contributed by atoms with Crippen LogP contribution in [0.1, 0.15) is 41.0 Å². The van der Waals surface area contributed by atoms with Crippen LogP contribution in [0.2, 0.25) is 0 Å². The summed E-state index contributed by atoms with van der Waals surface area (Å²) in [6.45, 7) is 10.1. The van der Waals surface area contributed by atoms with Gasteiger partial charge in [0.25, 0.3) is 0 Å². The van der Waals surface area contributed by atoms with Crippen molar-refractivity contribution in [2.24, 2.45) is 16.7 Å². The molecule has 2 atom stereocenters. The van der Waals surface area contributed by atoms with Crippen molar-refractivity contribution in [1.82, 2.24) is 0 Å². The molecule has 1 N–H and O–H groups in total. The summed E-state index contributed by atoms with van der Waals surface area (Å²) >= 11 is 0. The maximum Gasteiger partial charge on any atom is 0.310 e. The molecule has 1 aliphatic carbocycles. The molecule has 1 rings (SSSR count). The van der Waals surface area contributed by atoms with Gasteiger partial charge in [0.1, 0.15) is 0 Å². The lowest BCUT2D eigenvalue weighted by atomic mass is 9.93. The largest absolute Gasteiger partial charge is 0.481 e. The molecular weight excluding hydrogens is 176 g/mol. The summed E-state index contributed by atoms with van der Waals surface area (Å²) in [6, 6.07) is 0. The van der Waals surface area contributed by atoms with Gasteiger partial charge in [0, 0.05) is 0 Å². The summed E-state index contributed by atoms with van der Waals surface area (Å²) in [5, 5.41) is 9.29. The van der Waals surface area contributed by atoms with E-state index in [4.69, 9.17) is 0 Å². The van der Waals surface area contributed by atoms with Crippen LogP contribution in [0, 0.1) is 16.7 Å². The lowest BCUT2D eigenvalue weighted by Crippen LogP contribution is -2.20. The number of carbonyl (C=O) groups is 1. The van der Waals surface area contributed by atoms with Crippen molar-refractivity contribution in [3.63, 3.8) is 0 Å². The van der Waals surface area contributed by atoms with Crippen LogP contribution in [-0.2, 0) is 4.79 Å². The molecule has 0 amide bonds. The second kappa shape index (κ2) is 3.11. The fraction of sp³-hybridized carbons (Fsp3) is 0.750. The first-order valence-corrected chi connectivity index (χ1v) is 5.19. The zero-order valence-electron chi connectivity index (χ0n) is 9.72. The minimum atomic E-state index is -0.646. The fourth-order valence-electron chi connectivity index (χ4n) is 2.81. The lowest BCUT2D eigenvalue weighted by Gasteiger charge is -2.11. The van der Waals surface area contributed by atoms with Crippen LogP contribution in [0.5, 0.6) is 0 Å². The Hall–Kier alpha value is -0.790. The summed E-state index contributed by atoms with van der Waals surface area (Å²) in [4.78, 5) is 11.3. The number of rotatable bonds is 3. The first-order valence-electron chi connectivity index (χ1n) is 5.19.